The van der Waals surface area contributed by atoms with Gasteiger partial charge in [0, 0.05) is 25.0 Å². The van der Waals surface area contributed by atoms with Gasteiger partial charge in [0.1, 0.15) is 5.78 Å². The van der Waals surface area contributed by atoms with Crippen molar-refractivity contribution in [3.63, 3.8) is 0 Å². The molecule has 0 N–H and O–H groups in total. The van der Waals surface area contributed by atoms with Crippen molar-refractivity contribution >= 4 is 15.9 Å². The van der Waals surface area contributed by atoms with Gasteiger partial charge in [0.2, 0.25) is 0 Å². The Morgan fingerprint density at radius 2 is 1.63 bits per heavy atom. The van der Waals surface area contributed by atoms with Gasteiger partial charge in [0.15, 0.2) is 0 Å². The molecule has 1 aliphatic heterocycles. The van der Waals surface area contributed by atoms with Crippen LogP contribution in [0.5, 0.6) is 0 Å². The Morgan fingerprint density at radius 1 is 0.971 bits per heavy atom. The van der Waals surface area contributed by atoms with E-state index in [1.165, 1.54) is 25.5 Å². The van der Waals surface area contributed by atoms with Crippen molar-refractivity contribution in [2.75, 3.05) is 19.3 Å². The first-order chi connectivity index (χ1) is 16.3. The van der Waals surface area contributed by atoms with Crippen LogP contribution in [0.2, 0.25) is 0 Å². The third-order valence-electron chi connectivity index (χ3n) is 11.4. The molecule has 1 saturated heterocycles. The highest BCUT2D eigenvalue weighted by atomic mass is 32.2. The highest BCUT2D eigenvalue weighted by molar-refractivity contribution is 7.86. The first kappa shape index (κ1) is 26.1. The van der Waals surface area contributed by atoms with E-state index in [-0.39, 0.29) is 41.1 Å². The number of ketones is 1. The van der Waals surface area contributed by atoms with Gasteiger partial charge in [-0.3, -0.25) is 13.9 Å². The number of carbonyl (C=O) groups excluding carboxylic acids is 1. The zero-order valence-electron chi connectivity index (χ0n) is 22.7. The molecule has 0 aromatic heterocycles. The average molecular weight is 510 g/mol. The van der Waals surface area contributed by atoms with E-state index in [4.69, 9.17) is 8.92 Å². The lowest BCUT2D eigenvalue weighted by Crippen LogP contribution is -2.62. The summed E-state index contributed by atoms with van der Waals surface area (Å²) >= 11 is 0. The zero-order valence-corrected chi connectivity index (χ0v) is 23.5. The summed E-state index contributed by atoms with van der Waals surface area (Å²) in [5, 5.41) is 0. The molecular weight excluding hydrogens is 462 g/mol. The molecule has 6 nitrogen and oxygen atoms in total. The fraction of sp³-hybridized carbons (Fsp3) is 0.964. The van der Waals surface area contributed by atoms with Crippen LogP contribution in [0.4, 0.5) is 0 Å². The largest absolute Gasteiger partial charge is 0.373 e. The normalized spacial score (nSPS) is 50.7. The molecule has 11 atom stereocenters. The van der Waals surface area contributed by atoms with Crippen molar-refractivity contribution in [3.8, 4) is 0 Å². The van der Waals surface area contributed by atoms with Crippen LogP contribution in [-0.2, 0) is 23.8 Å². The fourth-order valence-corrected chi connectivity index (χ4v) is 10.8. The van der Waals surface area contributed by atoms with Crippen molar-refractivity contribution in [1.29, 1.82) is 0 Å². The molecule has 0 radical (unpaired) electrons. The van der Waals surface area contributed by atoms with Gasteiger partial charge in [0.05, 0.1) is 24.6 Å². The quantitative estimate of drug-likeness (QED) is 0.513. The fourth-order valence-electron chi connectivity index (χ4n) is 10.1. The van der Waals surface area contributed by atoms with Crippen molar-refractivity contribution in [3.05, 3.63) is 0 Å². The zero-order chi connectivity index (χ0) is 25.3. The van der Waals surface area contributed by atoms with Gasteiger partial charge in [-0.25, -0.2) is 0 Å². The summed E-state index contributed by atoms with van der Waals surface area (Å²) in [4.78, 5) is 15.0. The molecule has 4 saturated carbocycles. The van der Waals surface area contributed by atoms with E-state index in [1.54, 1.807) is 6.92 Å². The molecule has 0 aromatic carbocycles. The summed E-state index contributed by atoms with van der Waals surface area (Å²) in [6.07, 6.45) is 10.0. The highest BCUT2D eigenvalue weighted by Crippen LogP contribution is 2.67. The first-order valence-corrected chi connectivity index (χ1v) is 15.9. The van der Waals surface area contributed by atoms with Gasteiger partial charge < -0.3 is 4.74 Å². The minimum atomic E-state index is -3.53. The lowest BCUT2D eigenvalue weighted by atomic mass is 9.44. The maximum absolute atomic E-state index is 12.5. The predicted molar refractivity (Wildman–Crippen MR) is 136 cm³/mol. The molecule has 0 bridgehead atoms. The van der Waals surface area contributed by atoms with Crippen LogP contribution in [0.25, 0.3) is 0 Å². The molecule has 0 unspecified atom stereocenters. The number of fused-ring (bicyclic) bond motifs is 5. The molecule has 5 fully saturated rings. The minimum absolute atomic E-state index is 0.0976. The number of Topliss-reactive ketones (excluding diaryl/α,β-unsaturated/α-hetero) is 1. The Morgan fingerprint density at radius 3 is 2.26 bits per heavy atom. The molecule has 5 rings (SSSR count). The number of nitrogens with zero attached hydrogens (tertiary/aromatic N) is 1. The van der Waals surface area contributed by atoms with Crippen LogP contribution in [0.15, 0.2) is 0 Å². The maximum atomic E-state index is 12.5. The van der Waals surface area contributed by atoms with Crippen LogP contribution >= 0.6 is 0 Å². The van der Waals surface area contributed by atoms with Crippen LogP contribution in [0.3, 0.4) is 0 Å². The Hall–Kier alpha value is -0.500. The maximum Gasteiger partial charge on any atom is 0.264 e. The Kier molecular flexibility index (Phi) is 6.76. The lowest BCUT2D eigenvalue weighted by Gasteiger charge is -2.63. The Bertz CT molecular complexity index is 928. The van der Waals surface area contributed by atoms with Gasteiger partial charge in [-0.1, -0.05) is 13.8 Å². The predicted octanol–water partition coefficient (Wildman–Crippen LogP) is 4.67. The van der Waals surface area contributed by atoms with E-state index in [0.717, 1.165) is 45.2 Å². The molecule has 5 aliphatic rings. The van der Waals surface area contributed by atoms with Crippen LogP contribution in [0, 0.1) is 40.4 Å². The molecule has 4 aliphatic carbocycles. The summed E-state index contributed by atoms with van der Waals surface area (Å²) in [6, 6.07) is 0.0976. The van der Waals surface area contributed by atoms with Crippen molar-refractivity contribution in [2.24, 2.45) is 40.4 Å². The van der Waals surface area contributed by atoms with Gasteiger partial charge in [-0.05, 0) is 107 Å². The standard InChI is InChI=1S/C28H47NO5S/c1-17-15-29(16-18(2)33-17)25-14-28(5)20(13-26(25)34-35(6,31)32)7-8-21-23-10-9-22(19(3)30)27(23,4)12-11-24(21)28/h17-18,20-26H,7-16H2,1-6H3/t17-,18-,20-,21-,22+,23-,24-,25-,26-,27+,28-/m0/s1. The van der Waals surface area contributed by atoms with E-state index in [1.807, 2.05) is 0 Å². The van der Waals surface area contributed by atoms with Crippen LogP contribution in [-0.4, -0.2) is 62.8 Å². The lowest BCUT2D eigenvalue weighted by molar-refractivity contribution is -0.161. The Balaban J connectivity index is 1.44. The van der Waals surface area contributed by atoms with Gasteiger partial charge in [-0.2, -0.15) is 8.42 Å². The summed E-state index contributed by atoms with van der Waals surface area (Å²) in [6.45, 7) is 12.6. The van der Waals surface area contributed by atoms with E-state index in [2.05, 4.69) is 32.6 Å². The van der Waals surface area contributed by atoms with Gasteiger partial charge in [-0.15, -0.1) is 0 Å². The summed E-state index contributed by atoms with van der Waals surface area (Å²) in [7, 11) is -3.53. The number of hydrogen-bond acceptors (Lipinski definition) is 6. The summed E-state index contributed by atoms with van der Waals surface area (Å²) in [5.74, 6) is 3.12. The molecule has 0 amide bonds. The van der Waals surface area contributed by atoms with Crippen LogP contribution in [0.1, 0.15) is 86.0 Å². The third kappa shape index (κ3) is 4.55. The molecule has 35 heavy (non-hydrogen) atoms. The second kappa shape index (κ2) is 9.06. The summed E-state index contributed by atoms with van der Waals surface area (Å²) in [5.41, 5.74) is 0.354. The number of carbonyl (C=O) groups is 1. The number of rotatable bonds is 4. The number of ether oxygens (including phenoxy) is 1. The number of hydrogen-bond donors (Lipinski definition) is 0. The van der Waals surface area contributed by atoms with E-state index in [0.29, 0.717) is 29.5 Å². The van der Waals surface area contributed by atoms with E-state index >= 15 is 0 Å². The monoisotopic (exact) mass is 509 g/mol. The average Bonchev–Trinajstić information content (AvgIpc) is 3.09. The highest BCUT2D eigenvalue weighted by Gasteiger charge is 2.62. The second-order valence-corrected chi connectivity index (χ2v) is 15.1. The topological polar surface area (TPSA) is 72.9 Å². The molecule has 1 heterocycles. The Labute approximate surface area is 213 Å². The molecule has 7 heteroatoms. The molecule has 0 spiro atoms. The van der Waals surface area contributed by atoms with Crippen molar-refractivity contribution < 1.29 is 22.1 Å². The van der Waals surface area contributed by atoms with Crippen LogP contribution < -0.4 is 0 Å². The molecule has 0 aromatic rings. The SMILES string of the molecule is CC(=O)[C@H]1CC[C@H]2[C@@H]3CC[C@H]4C[C@H](OS(C)(=O)=O)[C@@H](N5C[C@H](C)O[C@@H](C)C5)C[C@]4(C)[C@H]3CC[C@]12C. The molecule has 200 valence electrons. The smallest absolute Gasteiger partial charge is 0.264 e. The van der Waals surface area contributed by atoms with Crippen molar-refractivity contribution in [2.45, 2.75) is 110 Å². The number of morpholine rings is 1. The van der Waals surface area contributed by atoms with E-state index in [9.17, 15) is 13.2 Å². The van der Waals surface area contributed by atoms with E-state index < -0.39 is 10.1 Å². The molecular formula is C28H47NO5S. The van der Waals surface area contributed by atoms with Gasteiger partial charge in [0.25, 0.3) is 10.1 Å². The minimum Gasteiger partial charge on any atom is -0.373 e. The summed E-state index contributed by atoms with van der Waals surface area (Å²) < 4.78 is 36.4. The first-order valence-electron chi connectivity index (χ1n) is 14.1. The van der Waals surface area contributed by atoms with Crippen molar-refractivity contribution in [1.82, 2.24) is 4.90 Å². The third-order valence-corrected chi connectivity index (χ3v) is 12.0. The van der Waals surface area contributed by atoms with Gasteiger partial charge >= 0.3 is 0 Å². The second-order valence-electron chi connectivity index (χ2n) is 13.5.